The Morgan fingerprint density at radius 1 is 0.828 bits per heavy atom. The summed E-state index contributed by atoms with van der Waals surface area (Å²) in [6.45, 7) is 4.03. The highest BCUT2D eigenvalue weighted by Gasteiger charge is 2.28. The van der Waals surface area contributed by atoms with Gasteiger partial charge in [0.25, 0.3) is 0 Å². The largest absolute Gasteiger partial charge is 0.352 e. The maximum absolute atomic E-state index is 12.7. The molecule has 2 aromatic carbocycles. The molecule has 8 heteroatoms. The van der Waals surface area contributed by atoms with Crippen molar-refractivity contribution < 1.29 is 8.42 Å². The minimum absolute atomic E-state index is 0.333. The second-order valence-corrected chi connectivity index (χ2v) is 8.91. The van der Waals surface area contributed by atoms with Crippen molar-refractivity contribution in [2.24, 2.45) is 0 Å². The molecular formula is C21H23N5O2S. The van der Waals surface area contributed by atoms with Crippen molar-refractivity contribution in [2.45, 2.75) is 11.8 Å². The normalized spacial score (nSPS) is 15.3. The number of benzene rings is 2. The highest BCUT2D eigenvalue weighted by atomic mass is 32.2. The van der Waals surface area contributed by atoms with Crippen molar-refractivity contribution in [2.75, 3.05) is 36.4 Å². The average molecular weight is 410 g/mol. The first kappa shape index (κ1) is 19.4. The summed E-state index contributed by atoms with van der Waals surface area (Å²) in [6.07, 6.45) is 0. The highest BCUT2D eigenvalue weighted by molar-refractivity contribution is 7.89. The van der Waals surface area contributed by atoms with Crippen LogP contribution >= 0.6 is 0 Å². The third kappa shape index (κ3) is 4.38. The number of rotatable bonds is 5. The molecular weight excluding hydrogens is 386 g/mol. The summed E-state index contributed by atoms with van der Waals surface area (Å²) in [5, 5.41) is 11.8. The van der Waals surface area contributed by atoms with Crippen LogP contribution in [-0.4, -0.2) is 49.1 Å². The Morgan fingerprint density at radius 3 is 2.14 bits per heavy atom. The molecule has 1 saturated heterocycles. The Bertz CT molecular complexity index is 1050. The number of piperazine rings is 1. The van der Waals surface area contributed by atoms with Gasteiger partial charge in [-0.3, -0.25) is 0 Å². The van der Waals surface area contributed by atoms with Crippen molar-refractivity contribution >= 4 is 27.3 Å². The summed E-state index contributed by atoms with van der Waals surface area (Å²) in [6, 6.07) is 20.4. The van der Waals surface area contributed by atoms with Gasteiger partial charge >= 0.3 is 0 Å². The minimum atomic E-state index is -3.45. The number of hydrogen-bond acceptors (Lipinski definition) is 6. The molecule has 0 aliphatic carbocycles. The Balaban J connectivity index is 1.38. The number of aryl methyl sites for hydroxylation is 1. The lowest BCUT2D eigenvalue weighted by molar-refractivity contribution is 0.383. The Morgan fingerprint density at radius 2 is 1.52 bits per heavy atom. The summed E-state index contributed by atoms with van der Waals surface area (Å²) in [7, 11) is -3.45. The molecule has 150 valence electrons. The lowest BCUT2D eigenvalue weighted by Gasteiger charge is -2.34. The molecule has 1 N–H and O–H groups in total. The van der Waals surface area contributed by atoms with Gasteiger partial charge in [-0.2, -0.15) is 4.31 Å². The van der Waals surface area contributed by atoms with Crippen LogP contribution in [0.15, 0.2) is 71.6 Å². The van der Waals surface area contributed by atoms with Crippen molar-refractivity contribution in [3.05, 3.63) is 72.3 Å². The Hall–Kier alpha value is -2.97. The van der Waals surface area contributed by atoms with Gasteiger partial charge < -0.3 is 10.2 Å². The van der Waals surface area contributed by atoms with E-state index in [0.29, 0.717) is 36.9 Å². The van der Waals surface area contributed by atoms with Crippen molar-refractivity contribution in [3.8, 4) is 0 Å². The fourth-order valence-corrected chi connectivity index (χ4v) is 4.69. The molecule has 0 radical (unpaired) electrons. The maximum atomic E-state index is 12.7. The molecule has 1 aromatic heterocycles. The zero-order valence-corrected chi connectivity index (χ0v) is 17.0. The quantitative estimate of drug-likeness (QED) is 0.698. The molecule has 0 amide bonds. The van der Waals surface area contributed by atoms with Gasteiger partial charge in [-0.05, 0) is 43.3 Å². The summed E-state index contributed by atoms with van der Waals surface area (Å²) in [5.41, 5.74) is 2.16. The van der Waals surface area contributed by atoms with Crippen molar-refractivity contribution in [3.63, 3.8) is 0 Å². The third-order valence-corrected chi connectivity index (χ3v) is 6.83. The maximum Gasteiger partial charge on any atom is 0.243 e. The lowest BCUT2D eigenvalue weighted by atomic mass is 10.2. The van der Waals surface area contributed by atoms with Gasteiger partial charge in [-0.1, -0.05) is 35.9 Å². The van der Waals surface area contributed by atoms with Crippen LogP contribution < -0.4 is 10.2 Å². The van der Waals surface area contributed by atoms with Crippen LogP contribution in [0.25, 0.3) is 0 Å². The molecule has 0 spiro atoms. The number of aromatic nitrogens is 2. The molecule has 0 unspecified atom stereocenters. The van der Waals surface area contributed by atoms with E-state index in [1.54, 1.807) is 24.3 Å². The van der Waals surface area contributed by atoms with Gasteiger partial charge in [0.15, 0.2) is 11.6 Å². The molecule has 0 saturated carbocycles. The number of anilines is 3. The highest BCUT2D eigenvalue weighted by Crippen LogP contribution is 2.21. The summed E-state index contributed by atoms with van der Waals surface area (Å²) in [5.74, 6) is 1.42. The molecule has 0 bridgehead atoms. The van der Waals surface area contributed by atoms with E-state index in [9.17, 15) is 8.42 Å². The summed E-state index contributed by atoms with van der Waals surface area (Å²) in [4.78, 5) is 2.39. The van der Waals surface area contributed by atoms with Crippen LogP contribution in [0.2, 0.25) is 0 Å². The van der Waals surface area contributed by atoms with E-state index in [-0.39, 0.29) is 0 Å². The Labute approximate surface area is 171 Å². The van der Waals surface area contributed by atoms with Crippen LogP contribution in [0.4, 0.5) is 17.3 Å². The van der Waals surface area contributed by atoms with E-state index >= 15 is 0 Å². The van der Waals surface area contributed by atoms with E-state index in [4.69, 9.17) is 0 Å². The first-order valence-corrected chi connectivity index (χ1v) is 10.9. The zero-order chi connectivity index (χ0) is 20.3. The van der Waals surface area contributed by atoms with Crippen molar-refractivity contribution in [1.29, 1.82) is 0 Å². The Kier molecular flexibility index (Phi) is 5.46. The smallest absolute Gasteiger partial charge is 0.243 e. The first-order valence-electron chi connectivity index (χ1n) is 9.50. The van der Waals surface area contributed by atoms with Gasteiger partial charge in [0.1, 0.15) is 0 Å². The van der Waals surface area contributed by atoms with Gasteiger partial charge in [0, 0.05) is 31.9 Å². The average Bonchev–Trinajstić information content (AvgIpc) is 2.77. The first-order chi connectivity index (χ1) is 14.0. The summed E-state index contributed by atoms with van der Waals surface area (Å²) >= 11 is 0. The number of hydrogen-bond donors (Lipinski definition) is 1. The topological polar surface area (TPSA) is 78.4 Å². The van der Waals surface area contributed by atoms with Gasteiger partial charge in [0.2, 0.25) is 10.0 Å². The van der Waals surface area contributed by atoms with E-state index in [0.717, 1.165) is 11.5 Å². The van der Waals surface area contributed by atoms with Gasteiger partial charge in [-0.15, -0.1) is 10.2 Å². The molecule has 1 aliphatic heterocycles. The van der Waals surface area contributed by atoms with E-state index in [1.807, 2.05) is 49.4 Å². The lowest BCUT2D eigenvalue weighted by Crippen LogP contribution is -2.48. The van der Waals surface area contributed by atoms with Gasteiger partial charge in [0.05, 0.1) is 4.90 Å². The standard InChI is InChI=1S/C21H23N5O2S/c1-17-7-9-18(10-8-17)22-20-11-12-21(24-23-20)25-13-15-26(16-14-25)29(27,28)19-5-3-2-4-6-19/h2-12H,13-16H2,1H3,(H,22,23). The third-order valence-electron chi connectivity index (χ3n) is 4.92. The van der Waals surface area contributed by atoms with E-state index < -0.39 is 10.0 Å². The van der Waals surface area contributed by atoms with Crippen LogP contribution in [-0.2, 0) is 10.0 Å². The second-order valence-electron chi connectivity index (χ2n) is 6.97. The van der Waals surface area contributed by atoms with Crippen LogP contribution in [0.5, 0.6) is 0 Å². The van der Waals surface area contributed by atoms with E-state index in [2.05, 4.69) is 20.4 Å². The molecule has 4 rings (SSSR count). The van der Waals surface area contributed by atoms with Gasteiger partial charge in [-0.25, -0.2) is 8.42 Å². The molecule has 0 atom stereocenters. The SMILES string of the molecule is Cc1ccc(Nc2ccc(N3CCN(S(=O)(=O)c4ccccc4)CC3)nn2)cc1. The number of sulfonamides is 1. The zero-order valence-electron chi connectivity index (χ0n) is 16.2. The second kappa shape index (κ2) is 8.18. The van der Waals surface area contributed by atoms with Crippen LogP contribution in [0.1, 0.15) is 5.56 Å². The monoisotopic (exact) mass is 409 g/mol. The van der Waals surface area contributed by atoms with Crippen molar-refractivity contribution in [1.82, 2.24) is 14.5 Å². The molecule has 1 aliphatic rings. The molecule has 29 heavy (non-hydrogen) atoms. The molecule has 7 nitrogen and oxygen atoms in total. The minimum Gasteiger partial charge on any atom is -0.352 e. The predicted octanol–water partition coefficient (Wildman–Crippen LogP) is 3.04. The van der Waals surface area contributed by atoms with Crippen LogP contribution in [0, 0.1) is 6.92 Å². The predicted molar refractivity (Wildman–Crippen MR) is 114 cm³/mol. The summed E-state index contributed by atoms with van der Waals surface area (Å²) < 4.78 is 27.0. The van der Waals surface area contributed by atoms with Crippen LogP contribution in [0.3, 0.4) is 0 Å². The fraction of sp³-hybridized carbons (Fsp3) is 0.238. The molecule has 2 heterocycles. The number of nitrogens with zero attached hydrogens (tertiary/aromatic N) is 4. The molecule has 3 aromatic rings. The fourth-order valence-electron chi connectivity index (χ4n) is 3.24. The number of nitrogens with one attached hydrogen (secondary N) is 1. The molecule has 1 fully saturated rings. The van der Waals surface area contributed by atoms with E-state index in [1.165, 1.54) is 9.87 Å².